The van der Waals surface area contributed by atoms with Crippen LogP contribution < -0.4 is 0 Å². The van der Waals surface area contributed by atoms with Crippen molar-refractivity contribution in [3.63, 3.8) is 0 Å². The number of rotatable bonds is 10. The van der Waals surface area contributed by atoms with E-state index in [4.69, 9.17) is 8.37 Å². The Balaban J connectivity index is 1.47. The van der Waals surface area contributed by atoms with E-state index in [1.54, 1.807) is 0 Å². The minimum Gasteiger partial charge on any atom is -0.248 e. The van der Waals surface area contributed by atoms with E-state index in [9.17, 15) is 8.42 Å². The molecule has 2 fully saturated rings. The van der Waals surface area contributed by atoms with Crippen molar-refractivity contribution in [2.45, 2.75) is 77.0 Å². The molecule has 0 aliphatic heterocycles. The predicted octanol–water partition coefficient (Wildman–Crippen LogP) is 4.21. The summed E-state index contributed by atoms with van der Waals surface area (Å²) in [6.45, 7) is 0.531. The van der Waals surface area contributed by atoms with Gasteiger partial charge in [-0.2, -0.15) is 8.42 Å². The van der Waals surface area contributed by atoms with E-state index in [1.165, 1.54) is 51.4 Å². The Labute approximate surface area is 129 Å². The lowest BCUT2D eigenvalue weighted by molar-refractivity contribution is 0.202. The third-order valence-electron chi connectivity index (χ3n) is 4.92. The third kappa shape index (κ3) is 7.11. The van der Waals surface area contributed by atoms with Crippen molar-refractivity contribution in [3.8, 4) is 0 Å². The summed E-state index contributed by atoms with van der Waals surface area (Å²) in [7, 11) is -3.77. The topological polar surface area (TPSA) is 52.6 Å². The normalized spacial score (nSPS) is 21.3. The Hall–Kier alpha value is -0.130. The van der Waals surface area contributed by atoms with Crippen molar-refractivity contribution in [2.75, 3.05) is 13.2 Å². The van der Waals surface area contributed by atoms with Gasteiger partial charge >= 0.3 is 10.4 Å². The average Bonchev–Trinajstić information content (AvgIpc) is 3.13. The highest BCUT2D eigenvalue weighted by Crippen LogP contribution is 2.29. The molecular weight excluding hydrogens is 288 g/mol. The zero-order valence-corrected chi connectivity index (χ0v) is 13.9. The van der Waals surface area contributed by atoms with Crippen LogP contribution in [0.4, 0.5) is 0 Å². The molecule has 0 aromatic rings. The average molecular weight is 318 g/mol. The van der Waals surface area contributed by atoms with Crippen LogP contribution in [0.5, 0.6) is 0 Å². The van der Waals surface area contributed by atoms with Gasteiger partial charge < -0.3 is 0 Å². The van der Waals surface area contributed by atoms with Gasteiger partial charge in [0.2, 0.25) is 0 Å². The van der Waals surface area contributed by atoms with Crippen molar-refractivity contribution in [2.24, 2.45) is 11.8 Å². The van der Waals surface area contributed by atoms with Gasteiger partial charge in [-0.3, -0.25) is 0 Å². The van der Waals surface area contributed by atoms with Gasteiger partial charge in [0.1, 0.15) is 0 Å². The van der Waals surface area contributed by atoms with Crippen LogP contribution >= 0.6 is 0 Å². The first-order valence-corrected chi connectivity index (χ1v) is 10.0. The summed E-state index contributed by atoms with van der Waals surface area (Å²) in [4.78, 5) is 0. The fourth-order valence-corrected chi connectivity index (χ4v) is 4.41. The van der Waals surface area contributed by atoms with E-state index in [0.717, 1.165) is 37.5 Å². The second-order valence-electron chi connectivity index (χ2n) is 6.64. The van der Waals surface area contributed by atoms with E-state index >= 15 is 0 Å². The molecule has 0 bridgehead atoms. The quantitative estimate of drug-likeness (QED) is 0.566. The Morgan fingerprint density at radius 2 is 1.10 bits per heavy atom. The number of hydrogen-bond donors (Lipinski definition) is 0. The molecule has 0 heterocycles. The molecule has 0 atom stereocenters. The minimum absolute atomic E-state index is 0.265. The van der Waals surface area contributed by atoms with Crippen molar-refractivity contribution in [3.05, 3.63) is 0 Å². The molecule has 0 saturated heterocycles. The first-order valence-electron chi connectivity index (χ1n) is 8.69. The molecule has 2 rings (SSSR count). The van der Waals surface area contributed by atoms with Crippen molar-refractivity contribution >= 4 is 10.4 Å². The fourth-order valence-electron chi connectivity index (χ4n) is 3.70. The standard InChI is InChI=1S/C16H30O4S/c17-21(18,19-13-5-11-15-7-1-2-8-15)20-14-6-12-16-9-3-4-10-16/h15-16H,1-14H2. The van der Waals surface area contributed by atoms with Crippen LogP contribution in [0.3, 0.4) is 0 Å². The van der Waals surface area contributed by atoms with Crippen LogP contribution in [0.1, 0.15) is 77.0 Å². The van der Waals surface area contributed by atoms with Crippen LogP contribution in [0.2, 0.25) is 0 Å². The molecule has 4 nitrogen and oxygen atoms in total. The van der Waals surface area contributed by atoms with Gasteiger partial charge in [0.05, 0.1) is 13.2 Å². The molecule has 2 aliphatic rings. The lowest BCUT2D eigenvalue weighted by Gasteiger charge is -2.10. The smallest absolute Gasteiger partial charge is 0.248 e. The molecule has 2 saturated carbocycles. The summed E-state index contributed by atoms with van der Waals surface area (Å²) in [5.41, 5.74) is 0. The van der Waals surface area contributed by atoms with Crippen LogP contribution in [-0.4, -0.2) is 21.6 Å². The summed E-state index contributed by atoms with van der Waals surface area (Å²) in [5, 5.41) is 0. The summed E-state index contributed by atoms with van der Waals surface area (Å²) in [6.07, 6.45) is 14.3. The van der Waals surface area contributed by atoms with Crippen molar-refractivity contribution in [1.29, 1.82) is 0 Å². The predicted molar refractivity (Wildman–Crippen MR) is 83.2 cm³/mol. The second kappa shape index (κ2) is 9.11. The van der Waals surface area contributed by atoms with Crippen molar-refractivity contribution < 1.29 is 16.8 Å². The Morgan fingerprint density at radius 1 is 0.714 bits per heavy atom. The van der Waals surface area contributed by atoms with E-state index in [0.29, 0.717) is 0 Å². The highest BCUT2D eigenvalue weighted by atomic mass is 32.3. The SMILES string of the molecule is O=S(=O)(OCCCC1CCCC1)OCCCC1CCCC1. The minimum atomic E-state index is -3.77. The Morgan fingerprint density at radius 3 is 1.48 bits per heavy atom. The molecule has 0 amide bonds. The zero-order chi connectivity index (χ0) is 15.0. The fraction of sp³-hybridized carbons (Fsp3) is 1.00. The second-order valence-corrected chi connectivity index (χ2v) is 7.93. The maximum atomic E-state index is 11.6. The third-order valence-corrected chi connectivity index (χ3v) is 5.83. The summed E-state index contributed by atoms with van der Waals surface area (Å²) in [6, 6.07) is 0. The van der Waals surface area contributed by atoms with Gasteiger partial charge in [-0.1, -0.05) is 51.4 Å². The lowest BCUT2D eigenvalue weighted by Crippen LogP contribution is -2.13. The van der Waals surface area contributed by atoms with E-state index < -0.39 is 10.4 Å². The van der Waals surface area contributed by atoms with Gasteiger partial charge in [-0.05, 0) is 37.5 Å². The van der Waals surface area contributed by atoms with Gasteiger partial charge in [-0.25, -0.2) is 8.37 Å². The molecule has 0 spiro atoms. The van der Waals surface area contributed by atoms with Crippen LogP contribution in [0, 0.1) is 11.8 Å². The van der Waals surface area contributed by atoms with Gasteiger partial charge in [0, 0.05) is 0 Å². The maximum absolute atomic E-state index is 11.6. The van der Waals surface area contributed by atoms with Gasteiger partial charge in [0.15, 0.2) is 0 Å². The zero-order valence-electron chi connectivity index (χ0n) is 13.1. The highest BCUT2D eigenvalue weighted by Gasteiger charge is 2.17. The van der Waals surface area contributed by atoms with E-state index in [-0.39, 0.29) is 13.2 Å². The Bertz CT molecular complexity index is 338. The maximum Gasteiger partial charge on any atom is 0.399 e. The van der Waals surface area contributed by atoms with Gasteiger partial charge in [-0.15, -0.1) is 0 Å². The Kier molecular flexibility index (Phi) is 7.47. The largest absolute Gasteiger partial charge is 0.399 e. The molecule has 0 radical (unpaired) electrons. The molecule has 124 valence electrons. The lowest BCUT2D eigenvalue weighted by atomic mass is 10.0. The molecular formula is C16H30O4S. The van der Waals surface area contributed by atoms with Crippen LogP contribution in [-0.2, 0) is 18.8 Å². The van der Waals surface area contributed by atoms with Crippen LogP contribution in [0.25, 0.3) is 0 Å². The summed E-state index contributed by atoms with van der Waals surface area (Å²) < 4.78 is 33.0. The molecule has 2 aliphatic carbocycles. The first kappa shape index (κ1) is 17.2. The van der Waals surface area contributed by atoms with Gasteiger partial charge in [0.25, 0.3) is 0 Å². The van der Waals surface area contributed by atoms with E-state index in [2.05, 4.69) is 0 Å². The van der Waals surface area contributed by atoms with Crippen molar-refractivity contribution in [1.82, 2.24) is 0 Å². The summed E-state index contributed by atoms with van der Waals surface area (Å²) >= 11 is 0. The summed E-state index contributed by atoms with van der Waals surface area (Å²) in [5.74, 6) is 1.56. The molecule has 0 aromatic carbocycles. The molecule has 0 unspecified atom stereocenters. The monoisotopic (exact) mass is 318 g/mol. The number of hydrogen-bond acceptors (Lipinski definition) is 4. The molecule has 21 heavy (non-hydrogen) atoms. The highest BCUT2D eigenvalue weighted by molar-refractivity contribution is 7.81. The van der Waals surface area contributed by atoms with Crippen LogP contribution in [0.15, 0.2) is 0 Å². The first-order chi connectivity index (χ1) is 10.2. The molecule has 0 aromatic heterocycles. The molecule has 0 N–H and O–H groups in total. The molecule has 5 heteroatoms. The van der Waals surface area contributed by atoms with E-state index in [1.807, 2.05) is 0 Å².